The SMILES string of the molecule is CCc1ccccc1NC(=O)COC(=O)c1cc(C)nc2ccccc12. The second-order valence-corrected chi connectivity index (χ2v) is 5.96. The Balaban J connectivity index is 1.70. The standard InChI is InChI=1S/C21H20N2O3/c1-3-15-8-4-6-10-18(15)23-20(24)13-26-21(25)17-12-14(2)22-19-11-7-5-9-16(17)19/h4-12H,3,13H2,1-2H3,(H,23,24). The lowest BCUT2D eigenvalue weighted by Gasteiger charge is -2.11. The number of para-hydroxylation sites is 2. The van der Waals surface area contributed by atoms with E-state index < -0.39 is 5.97 Å². The van der Waals surface area contributed by atoms with Crippen LogP contribution in [0.2, 0.25) is 0 Å². The van der Waals surface area contributed by atoms with Crippen LogP contribution in [0.5, 0.6) is 0 Å². The zero-order valence-corrected chi connectivity index (χ0v) is 14.8. The number of benzene rings is 2. The Hall–Kier alpha value is -3.21. The molecule has 5 heteroatoms. The summed E-state index contributed by atoms with van der Waals surface area (Å²) in [5, 5.41) is 3.50. The molecule has 0 aliphatic rings. The van der Waals surface area contributed by atoms with E-state index in [1.54, 1.807) is 6.07 Å². The Kier molecular flexibility index (Phi) is 5.27. The highest BCUT2D eigenvalue weighted by atomic mass is 16.5. The van der Waals surface area contributed by atoms with Crippen molar-refractivity contribution in [3.63, 3.8) is 0 Å². The van der Waals surface area contributed by atoms with E-state index in [0.29, 0.717) is 10.9 Å². The second kappa shape index (κ2) is 7.78. The van der Waals surface area contributed by atoms with Gasteiger partial charge in [0.25, 0.3) is 5.91 Å². The molecule has 1 aromatic heterocycles. The number of carbonyl (C=O) groups excluding carboxylic acids is 2. The fourth-order valence-electron chi connectivity index (χ4n) is 2.82. The number of pyridine rings is 1. The van der Waals surface area contributed by atoms with Crippen molar-refractivity contribution in [1.82, 2.24) is 4.98 Å². The van der Waals surface area contributed by atoms with Gasteiger partial charge in [-0.2, -0.15) is 0 Å². The number of anilines is 1. The predicted octanol–water partition coefficient (Wildman–Crippen LogP) is 3.90. The molecule has 0 aliphatic heterocycles. The molecule has 0 unspecified atom stereocenters. The van der Waals surface area contributed by atoms with Gasteiger partial charge in [-0.15, -0.1) is 0 Å². The van der Waals surface area contributed by atoms with Crippen molar-refractivity contribution in [2.24, 2.45) is 0 Å². The van der Waals surface area contributed by atoms with Crippen LogP contribution < -0.4 is 5.32 Å². The van der Waals surface area contributed by atoms with E-state index in [-0.39, 0.29) is 12.5 Å². The van der Waals surface area contributed by atoms with Crippen molar-refractivity contribution in [3.05, 3.63) is 71.4 Å². The van der Waals surface area contributed by atoms with Gasteiger partial charge in [0.05, 0.1) is 11.1 Å². The molecule has 3 aromatic rings. The monoisotopic (exact) mass is 348 g/mol. The molecule has 2 aromatic carbocycles. The van der Waals surface area contributed by atoms with Crippen LogP contribution in [0.25, 0.3) is 10.9 Å². The number of ether oxygens (including phenoxy) is 1. The van der Waals surface area contributed by atoms with E-state index in [0.717, 1.165) is 28.9 Å². The van der Waals surface area contributed by atoms with Crippen molar-refractivity contribution in [1.29, 1.82) is 0 Å². The second-order valence-electron chi connectivity index (χ2n) is 5.96. The van der Waals surface area contributed by atoms with Gasteiger partial charge in [-0.05, 0) is 37.1 Å². The molecule has 0 spiro atoms. The highest BCUT2D eigenvalue weighted by Crippen LogP contribution is 2.19. The van der Waals surface area contributed by atoms with Gasteiger partial charge < -0.3 is 10.1 Å². The van der Waals surface area contributed by atoms with E-state index >= 15 is 0 Å². The first-order valence-electron chi connectivity index (χ1n) is 8.49. The summed E-state index contributed by atoms with van der Waals surface area (Å²) in [4.78, 5) is 29.0. The van der Waals surface area contributed by atoms with Gasteiger partial charge >= 0.3 is 5.97 Å². The molecular formula is C21H20N2O3. The fourth-order valence-corrected chi connectivity index (χ4v) is 2.82. The summed E-state index contributed by atoms with van der Waals surface area (Å²) in [6.07, 6.45) is 0.804. The third-order valence-corrected chi connectivity index (χ3v) is 4.07. The smallest absolute Gasteiger partial charge is 0.339 e. The molecule has 26 heavy (non-hydrogen) atoms. The lowest BCUT2D eigenvalue weighted by atomic mass is 10.1. The quantitative estimate of drug-likeness (QED) is 0.710. The third-order valence-electron chi connectivity index (χ3n) is 4.07. The zero-order valence-electron chi connectivity index (χ0n) is 14.8. The maximum absolute atomic E-state index is 12.5. The first-order chi connectivity index (χ1) is 12.6. The molecule has 132 valence electrons. The first kappa shape index (κ1) is 17.6. The molecule has 3 rings (SSSR count). The molecule has 0 atom stereocenters. The maximum Gasteiger partial charge on any atom is 0.339 e. The Morgan fingerprint density at radius 3 is 2.62 bits per heavy atom. The molecule has 1 N–H and O–H groups in total. The number of rotatable bonds is 5. The number of amides is 1. The third kappa shape index (κ3) is 3.88. The van der Waals surface area contributed by atoms with Crippen molar-refractivity contribution in [2.75, 3.05) is 11.9 Å². The Bertz CT molecular complexity index is 966. The molecule has 0 bridgehead atoms. The van der Waals surface area contributed by atoms with Crippen LogP contribution >= 0.6 is 0 Å². The molecule has 0 saturated heterocycles. The summed E-state index contributed by atoms with van der Waals surface area (Å²) in [6.45, 7) is 3.49. The highest BCUT2D eigenvalue weighted by molar-refractivity contribution is 6.04. The number of fused-ring (bicyclic) bond motifs is 1. The number of nitrogens with one attached hydrogen (secondary N) is 1. The van der Waals surface area contributed by atoms with Crippen LogP contribution in [0.3, 0.4) is 0 Å². The lowest BCUT2D eigenvalue weighted by molar-refractivity contribution is -0.119. The zero-order chi connectivity index (χ0) is 18.5. The number of carbonyl (C=O) groups is 2. The normalized spacial score (nSPS) is 10.5. The Labute approximate surface area is 152 Å². The van der Waals surface area contributed by atoms with Crippen LogP contribution in [0.4, 0.5) is 5.69 Å². The van der Waals surface area contributed by atoms with E-state index in [4.69, 9.17) is 4.74 Å². The largest absolute Gasteiger partial charge is 0.452 e. The molecule has 0 fully saturated rings. The molecule has 5 nitrogen and oxygen atoms in total. The van der Waals surface area contributed by atoms with Gasteiger partial charge in [0.15, 0.2) is 6.61 Å². The average molecular weight is 348 g/mol. The first-order valence-corrected chi connectivity index (χ1v) is 8.49. The molecule has 0 radical (unpaired) electrons. The molecule has 0 saturated carbocycles. The number of aromatic nitrogens is 1. The van der Waals surface area contributed by atoms with Gasteiger partial charge in [-0.3, -0.25) is 9.78 Å². The van der Waals surface area contributed by atoms with Gasteiger partial charge in [0.1, 0.15) is 0 Å². The van der Waals surface area contributed by atoms with Crippen LogP contribution in [0.1, 0.15) is 28.5 Å². The van der Waals surface area contributed by atoms with Crippen LogP contribution in [0.15, 0.2) is 54.6 Å². The number of hydrogen-bond acceptors (Lipinski definition) is 4. The van der Waals surface area contributed by atoms with Crippen LogP contribution in [-0.4, -0.2) is 23.5 Å². The molecular weight excluding hydrogens is 328 g/mol. The summed E-state index contributed by atoms with van der Waals surface area (Å²) in [6, 6.07) is 16.6. The van der Waals surface area contributed by atoms with E-state index in [1.165, 1.54) is 0 Å². The van der Waals surface area contributed by atoms with Crippen LogP contribution in [-0.2, 0) is 16.0 Å². The van der Waals surface area contributed by atoms with Gasteiger partial charge in [-0.1, -0.05) is 43.3 Å². The summed E-state index contributed by atoms with van der Waals surface area (Å²) in [5.74, 6) is -0.903. The Morgan fingerprint density at radius 2 is 1.81 bits per heavy atom. The van der Waals surface area contributed by atoms with Crippen molar-refractivity contribution in [3.8, 4) is 0 Å². The minimum atomic E-state index is -0.536. The number of hydrogen-bond donors (Lipinski definition) is 1. The summed E-state index contributed by atoms with van der Waals surface area (Å²) in [5.41, 5.74) is 3.62. The maximum atomic E-state index is 12.5. The average Bonchev–Trinajstić information content (AvgIpc) is 2.65. The number of aryl methyl sites for hydroxylation is 2. The predicted molar refractivity (Wildman–Crippen MR) is 101 cm³/mol. The molecule has 1 heterocycles. The summed E-state index contributed by atoms with van der Waals surface area (Å²) < 4.78 is 5.22. The molecule has 0 aliphatic carbocycles. The van der Waals surface area contributed by atoms with E-state index in [1.807, 2.05) is 62.4 Å². The minimum Gasteiger partial charge on any atom is -0.452 e. The highest BCUT2D eigenvalue weighted by Gasteiger charge is 2.15. The lowest BCUT2D eigenvalue weighted by Crippen LogP contribution is -2.21. The Morgan fingerprint density at radius 1 is 1.08 bits per heavy atom. The van der Waals surface area contributed by atoms with Crippen molar-refractivity contribution < 1.29 is 14.3 Å². The van der Waals surface area contributed by atoms with E-state index in [9.17, 15) is 9.59 Å². The van der Waals surface area contributed by atoms with Crippen molar-refractivity contribution in [2.45, 2.75) is 20.3 Å². The van der Waals surface area contributed by atoms with Gasteiger partial charge in [-0.25, -0.2) is 4.79 Å². The van der Waals surface area contributed by atoms with Crippen LogP contribution in [0, 0.1) is 6.92 Å². The molecule has 1 amide bonds. The number of nitrogens with zero attached hydrogens (tertiary/aromatic N) is 1. The van der Waals surface area contributed by atoms with E-state index in [2.05, 4.69) is 10.3 Å². The van der Waals surface area contributed by atoms with Gasteiger partial charge in [0, 0.05) is 16.8 Å². The number of esters is 1. The van der Waals surface area contributed by atoms with Crippen molar-refractivity contribution >= 4 is 28.5 Å². The summed E-state index contributed by atoms with van der Waals surface area (Å²) in [7, 11) is 0. The fraction of sp³-hybridized carbons (Fsp3) is 0.190. The summed E-state index contributed by atoms with van der Waals surface area (Å²) >= 11 is 0. The minimum absolute atomic E-state index is 0.341. The van der Waals surface area contributed by atoms with Gasteiger partial charge in [0.2, 0.25) is 0 Å². The topological polar surface area (TPSA) is 68.3 Å².